The topological polar surface area (TPSA) is 23.4 Å². The standard InChI is InChI=1S/C31H39NO2.C2H6/c1-30(2,3)19-27(31(4,5)6)22-11-9-21(10-12-22)20-32-28-15-13-23(33-7)17-25(28)26-18-24(34-8)14-16-29(26)32;1-2/h9-18,27H,19-20H2,1-8H3;1-2H3. The van der Waals surface area contributed by atoms with Crippen LogP contribution in [0.1, 0.15) is 78.9 Å². The second-order valence-electron chi connectivity index (χ2n) is 11.8. The van der Waals surface area contributed by atoms with Crippen LogP contribution in [-0.4, -0.2) is 18.8 Å². The Bertz CT molecular complexity index is 1220. The van der Waals surface area contributed by atoms with Gasteiger partial charge in [0.05, 0.1) is 14.2 Å². The van der Waals surface area contributed by atoms with Gasteiger partial charge in [0, 0.05) is 28.4 Å². The summed E-state index contributed by atoms with van der Waals surface area (Å²) in [6.45, 7) is 18.9. The molecule has 0 saturated carbocycles. The number of methoxy groups -OCH3 is 2. The average molecular weight is 488 g/mol. The van der Waals surface area contributed by atoms with Gasteiger partial charge in [0.25, 0.3) is 0 Å². The molecule has 1 heterocycles. The van der Waals surface area contributed by atoms with Gasteiger partial charge in [-0.3, -0.25) is 0 Å². The number of benzene rings is 3. The number of nitrogens with zero attached hydrogens (tertiary/aromatic N) is 1. The van der Waals surface area contributed by atoms with Crippen LogP contribution in [0, 0.1) is 10.8 Å². The largest absolute Gasteiger partial charge is 0.497 e. The first-order valence-corrected chi connectivity index (χ1v) is 13.2. The second kappa shape index (κ2) is 11.0. The van der Waals surface area contributed by atoms with Gasteiger partial charge in [0.1, 0.15) is 11.5 Å². The Morgan fingerprint density at radius 2 is 1.17 bits per heavy atom. The van der Waals surface area contributed by atoms with Crippen LogP contribution in [0.5, 0.6) is 11.5 Å². The van der Waals surface area contributed by atoms with E-state index in [0.717, 1.165) is 18.0 Å². The smallest absolute Gasteiger partial charge is 0.119 e. The van der Waals surface area contributed by atoms with Gasteiger partial charge in [-0.2, -0.15) is 0 Å². The van der Waals surface area contributed by atoms with E-state index in [1.165, 1.54) is 39.4 Å². The van der Waals surface area contributed by atoms with Crippen LogP contribution in [0.3, 0.4) is 0 Å². The molecule has 0 amide bonds. The van der Waals surface area contributed by atoms with Crippen molar-refractivity contribution in [3.05, 3.63) is 71.8 Å². The number of fused-ring (bicyclic) bond motifs is 3. The van der Waals surface area contributed by atoms with Crippen molar-refractivity contribution in [3.8, 4) is 11.5 Å². The predicted molar refractivity (Wildman–Crippen MR) is 156 cm³/mol. The fourth-order valence-corrected chi connectivity index (χ4v) is 5.06. The van der Waals surface area contributed by atoms with Crippen molar-refractivity contribution in [3.63, 3.8) is 0 Å². The molecule has 3 nitrogen and oxygen atoms in total. The zero-order valence-corrected chi connectivity index (χ0v) is 24.0. The Labute approximate surface area is 218 Å². The molecule has 0 radical (unpaired) electrons. The molecule has 4 aromatic rings. The summed E-state index contributed by atoms with van der Waals surface area (Å²) >= 11 is 0. The summed E-state index contributed by atoms with van der Waals surface area (Å²) in [5.41, 5.74) is 5.66. The van der Waals surface area contributed by atoms with Crippen LogP contribution in [0.15, 0.2) is 60.7 Å². The van der Waals surface area contributed by atoms with E-state index >= 15 is 0 Å². The third-order valence-corrected chi connectivity index (χ3v) is 6.86. The minimum absolute atomic E-state index is 0.222. The van der Waals surface area contributed by atoms with Crippen molar-refractivity contribution in [2.75, 3.05) is 14.2 Å². The quantitative estimate of drug-likeness (QED) is 0.270. The summed E-state index contributed by atoms with van der Waals surface area (Å²) in [5.74, 6) is 2.26. The second-order valence-corrected chi connectivity index (χ2v) is 11.8. The highest BCUT2D eigenvalue weighted by Crippen LogP contribution is 2.43. The Hall–Kier alpha value is -2.94. The predicted octanol–water partition coefficient (Wildman–Crippen LogP) is 9.45. The maximum absolute atomic E-state index is 5.51. The van der Waals surface area contributed by atoms with E-state index in [1.807, 2.05) is 26.0 Å². The van der Waals surface area contributed by atoms with Gasteiger partial charge in [-0.05, 0) is 70.7 Å². The fraction of sp³-hybridized carbons (Fsp3) is 0.455. The van der Waals surface area contributed by atoms with Crippen molar-refractivity contribution in [1.82, 2.24) is 4.57 Å². The lowest BCUT2D eigenvalue weighted by Gasteiger charge is -2.36. The number of rotatable bonds is 6. The van der Waals surface area contributed by atoms with E-state index in [1.54, 1.807) is 14.2 Å². The third-order valence-electron chi connectivity index (χ3n) is 6.86. The zero-order chi connectivity index (χ0) is 26.7. The van der Waals surface area contributed by atoms with Crippen molar-refractivity contribution >= 4 is 21.8 Å². The lowest BCUT2D eigenvalue weighted by atomic mass is 9.69. The molecular weight excluding hydrogens is 442 g/mol. The van der Waals surface area contributed by atoms with E-state index in [4.69, 9.17) is 9.47 Å². The van der Waals surface area contributed by atoms with Crippen LogP contribution in [0.2, 0.25) is 0 Å². The van der Waals surface area contributed by atoms with Crippen molar-refractivity contribution in [2.24, 2.45) is 10.8 Å². The number of hydrogen-bond donors (Lipinski definition) is 0. The lowest BCUT2D eigenvalue weighted by Crippen LogP contribution is -2.23. The Morgan fingerprint density at radius 3 is 1.56 bits per heavy atom. The summed E-state index contributed by atoms with van der Waals surface area (Å²) in [5, 5.41) is 2.37. The first kappa shape index (κ1) is 27.6. The molecule has 1 unspecified atom stereocenters. The number of aromatic nitrogens is 1. The van der Waals surface area contributed by atoms with Gasteiger partial charge in [0.2, 0.25) is 0 Å². The van der Waals surface area contributed by atoms with Gasteiger partial charge >= 0.3 is 0 Å². The lowest BCUT2D eigenvalue weighted by molar-refractivity contribution is 0.229. The molecule has 0 spiro atoms. The van der Waals surface area contributed by atoms with Gasteiger partial charge in [-0.1, -0.05) is 79.7 Å². The van der Waals surface area contributed by atoms with E-state index in [0.29, 0.717) is 11.3 Å². The molecule has 0 aliphatic heterocycles. The molecule has 4 rings (SSSR count). The van der Waals surface area contributed by atoms with Crippen LogP contribution in [-0.2, 0) is 6.54 Å². The molecule has 0 N–H and O–H groups in total. The normalized spacial score (nSPS) is 12.8. The molecule has 1 atom stereocenters. The highest BCUT2D eigenvalue weighted by molar-refractivity contribution is 6.09. The molecule has 3 aromatic carbocycles. The first-order chi connectivity index (χ1) is 17.0. The molecule has 0 aliphatic carbocycles. The zero-order valence-electron chi connectivity index (χ0n) is 24.0. The maximum Gasteiger partial charge on any atom is 0.119 e. The Morgan fingerprint density at radius 1 is 0.694 bits per heavy atom. The molecular formula is C33H45NO2. The Balaban J connectivity index is 0.00000176. The van der Waals surface area contributed by atoms with Gasteiger partial charge in [-0.25, -0.2) is 0 Å². The van der Waals surface area contributed by atoms with Crippen molar-refractivity contribution in [1.29, 1.82) is 0 Å². The molecule has 0 saturated heterocycles. The van der Waals surface area contributed by atoms with E-state index < -0.39 is 0 Å². The van der Waals surface area contributed by atoms with Gasteiger partial charge < -0.3 is 14.0 Å². The fourth-order valence-electron chi connectivity index (χ4n) is 5.06. The summed E-state index contributed by atoms with van der Waals surface area (Å²) < 4.78 is 13.4. The van der Waals surface area contributed by atoms with E-state index in [2.05, 4.69) is 94.6 Å². The highest BCUT2D eigenvalue weighted by atomic mass is 16.5. The molecule has 0 bridgehead atoms. The molecule has 0 aliphatic rings. The molecule has 0 fully saturated rings. The summed E-state index contributed by atoms with van der Waals surface area (Å²) in [6, 6.07) is 21.9. The SMILES string of the molecule is CC.COc1ccc2c(c1)c1cc(OC)ccc1n2Cc1ccc(C(CC(C)(C)C)C(C)(C)C)cc1. The molecule has 3 heteroatoms. The minimum Gasteiger partial charge on any atom is -0.497 e. The van der Waals surface area contributed by atoms with E-state index in [-0.39, 0.29) is 5.41 Å². The van der Waals surface area contributed by atoms with Crippen LogP contribution >= 0.6 is 0 Å². The summed E-state index contributed by atoms with van der Waals surface area (Å²) in [7, 11) is 3.43. The minimum atomic E-state index is 0.222. The monoisotopic (exact) mass is 487 g/mol. The average Bonchev–Trinajstić information content (AvgIpc) is 3.15. The summed E-state index contributed by atoms with van der Waals surface area (Å²) in [4.78, 5) is 0. The maximum atomic E-state index is 5.51. The number of hydrogen-bond acceptors (Lipinski definition) is 2. The van der Waals surface area contributed by atoms with Crippen LogP contribution < -0.4 is 9.47 Å². The summed E-state index contributed by atoms with van der Waals surface area (Å²) in [6.07, 6.45) is 1.17. The van der Waals surface area contributed by atoms with Gasteiger partial charge in [-0.15, -0.1) is 0 Å². The molecule has 194 valence electrons. The molecule has 36 heavy (non-hydrogen) atoms. The van der Waals surface area contributed by atoms with Crippen molar-refractivity contribution in [2.45, 2.75) is 74.3 Å². The Kier molecular flexibility index (Phi) is 8.44. The van der Waals surface area contributed by atoms with E-state index in [9.17, 15) is 0 Å². The first-order valence-electron chi connectivity index (χ1n) is 13.2. The van der Waals surface area contributed by atoms with Gasteiger partial charge in [0.15, 0.2) is 0 Å². The van der Waals surface area contributed by atoms with Crippen LogP contribution in [0.4, 0.5) is 0 Å². The third kappa shape index (κ3) is 6.06. The van der Waals surface area contributed by atoms with Crippen molar-refractivity contribution < 1.29 is 9.47 Å². The van der Waals surface area contributed by atoms with Crippen LogP contribution in [0.25, 0.3) is 21.8 Å². The highest BCUT2D eigenvalue weighted by Gasteiger charge is 2.30. The number of ether oxygens (including phenoxy) is 2. The molecule has 1 aromatic heterocycles.